The highest BCUT2D eigenvalue weighted by molar-refractivity contribution is 7.14. The average molecular weight is 267 g/mol. The number of likely N-dealkylation sites (tertiary alicyclic amines) is 1. The summed E-state index contributed by atoms with van der Waals surface area (Å²) in [6.45, 7) is 8.24. The number of nitrogen functional groups attached to an aromatic ring is 1. The first kappa shape index (κ1) is 13.4. The van der Waals surface area contributed by atoms with Gasteiger partial charge < -0.3 is 16.0 Å². The van der Waals surface area contributed by atoms with Crippen molar-refractivity contribution in [3.63, 3.8) is 0 Å². The van der Waals surface area contributed by atoms with Gasteiger partial charge >= 0.3 is 0 Å². The Labute approximate surface area is 112 Å². The van der Waals surface area contributed by atoms with Crippen LogP contribution < -0.4 is 11.1 Å². The zero-order chi connectivity index (χ0) is 13.1. The monoisotopic (exact) mass is 267 g/mol. The van der Waals surface area contributed by atoms with E-state index in [0.29, 0.717) is 11.6 Å². The molecular weight excluding hydrogens is 246 g/mol. The highest BCUT2D eigenvalue weighted by Crippen LogP contribution is 2.23. The molecule has 4 nitrogen and oxygen atoms in total. The molecule has 0 aromatic carbocycles. The quantitative estimate of drug-likeness (QED) is 0.873. The minimum atomic E-state index is 0.00903. The highest BCUT2D eigenvalue weighted by Gasteiger charge is 2.21. The zero-order valence-electron chi connectivity index (χ0n) is 11.0. The van der Waals surface area contributed by atoms with E-state index in [1.54, 1.807) is 6.07 Å². The van der Waals surface area contributed by atoms with Crippen molar-refractivity contribution < 1.29 is 4.79 Å². The Kier molecular flexibility index (Phi) is 4.24. The smallest absolute Gasteiger partial charge is 0.261 e. The van der Waals surface area contributed by atoms with Crippen molar-refractivity contribution >= 4 is 22.9 Å². The Morgan fingerprint density at radius 1 is 1.67 bits per heavy atom. The second kappa shape index (κ2) is 5.71. The molecule has 1 unspecified atom stereocenters. The Bertz CT molecular complexity index is 410. The average Bonchev–Trinajstić information content (AvgIpc) is 2.94. The number of hydrogen-bond donors (Lipinski definition) is 2. The van der Waals surface area contributed by atoms with E-state index >= 15 is 0 Å². The minimum absolute atomic E-state index is 0.00903. The Balaban J connectivity index is 1.82. The molecule has 2 rings (SSSR count). The first-order valence-electron chi connectivity index (χ1n) is 6.46. The van der Waals surface area contributed by atoms with Crippen LogP contribution in [0.4, 0.5) is 5.69 Å². The third-order valence-electron chi connectivity index (χ3n) is 3.55. The summed E-state index contributed by atoms with van der Waals surface area (Å²) in [5, 5.41) is 3.02. The van der Waals surface area contributed by atoms with E-state index in [-0.39, 0.29) is 5.91 Å². The summed E-state index contributed by atoms with van der Waals surface area (Å²) in [7, 11) is 0. The molecule has 0 spiro atoms. The van der Waals surface area contributed by atoms with Crippen LogP contribution in [0.15, 0.2) is 6.07 Å². The van der Waals surface area contributed by atoms with Crippen molar-refractivity contribution in [3.8, 4) is 0 Å². The molecule has 1 atom stereocenters. The minimum Gasteiger partial charge on any atom is -0.398 e. The predicted molar refractivity (Wildman–Crippen MR) is 76.0 cm³/mol. The Hall–Kier alpha value is -1.07. The van der Waals surface area contributed by atoms with Gasteiger partial charge in [0.25, 0.3) is 5.91 Å². The van der Waals surface area contributed by atoms with Crippen molar-refractivity contribution in [1.82, 2.24) is 10.2 Å². The number of carbonyl (C=O) groups excluding carboxylic acids is 1. The number of nitrogens with zero attached hydrogens (tertiary/aromatic N) is 1. The molecule has 0 aliphatic carbocycles. The maximum absolute atomic E-state index is 11.9. The van der Waals surface area contributed by atoms with E-state index in [0.717, 1.165) is 35.9 Å². The molecule has 0 bridgehead atoms. The van der Waals surface area contributed by atoms with Crippen molar-refractivity contribution in [2.75, 3.05) is 31.9 Å². The van der Waals surface area contributed by atoms with E-state index < -0.39 is 0 Å². The normalized spacial score (nSPS) is 20.2. The van der Waals surface area contributed by atoms with Crippen LogP contribution in [0.25, 0.3) is 0 Å². The lowest BCUT2D eigenvalue weighted by atomic mass is 10.1. The maximum atomic E-state index is 11.9. The number of thiophene rings is 1. The fraction of sp³-hybridized carbons (Fsp3) is 0.615. The molecular formula is C13H21N3OS. The number of amides is 1. The summed E-state index contributed by atoms with van der Waals surface area (Å²) in [4.78, 5) is 16.1. The van der Waals surface area contributed by atoms with Gasteiger partial charge in [0, 0.05) is 23.7 Å². The van der Waals surface area contributed by atoms with Crippen LogP contribution in [0.3, 0.4) is 0 Å². The van der Waals surface area contributed by atoms with E-state index in [4.69, 9.17) is 5.73 Å². The molecule has 1 aromatic rings. The van der Waals surface area contributed by atoms with Crippen molar-refractivity contribution in [1.29, 1.82) is 0 Å². The molecule has 1 fully saturated rings. The van der Waals surface area contributed by atoms with Crippen LogP contribution in [0.5, 0.6) is 0 Å². The number of nitrogens with one attached hydrogen (secondary N) is 1. The molecule has 0 saturated carbocycles. The van der Waals surface area contributed by atoms with Crippen LogP contribution in [0, 0.1) is 12.8 Å². The summed E-state index contributed by atoms with van der Waals surface area (Å²) in [5.74, 6) is 0.599. The SMILES string of the molecule is CCN1CCC(CNC(=O)c2cc(N)c(C)s2)C1. The summed E-state index contributed by atoms with van der Waals surface area (Å²) in [6.07, 6.45) is 1.18. The van der Waals surface area contributed by atoms with Gasteiger partial charge in [0.05, 0.1) is 4.88 Å². The lowest BCUT2D eigenvalue weighted by Crippen LogP contribution is -2.30. The van der Waals surface area contributed by atoms with Crippen molar-refractivity contribution in [2.45, 2.75) is 20.3 Å². The van der Waals surface area contributed by atoms with Gasteiger partial charge in [0.2, 0.25) is 0 Å². The van der Waals surface area contributed by atoms with Gasteiger partial charge in [-0.1, -0.05) is 6.92 Å². The molecule has 18 heavy (non-hydrogen) atoms. The standard InChI is InChI=1S/C13H21N3OS/c1-3-16-5-4-10(8-16)7-15-13(17)12-6-11(14)9(2)18-12/h6,10H,3-5,7-8,14H2,1-2H3,(H,15,17). The molecule has 1 aromatic heterocycles. The zero-order valence-corrected chi connectivity index (χ0v) is 11.8. The predicted octanol–water partition coefficient (Wildman–Crippen LogP) is 1.71. The maximum Gasteiger partial charge on any atom is 0.261 e. The second-order valence-electron chi connectivity index (χ2n) is 4.88. The molecule has 1 aliphatic heterocycles. The Morgan fingerprint density at radius 2 is 2.44 bits per heavy atom. The van der Waals surface area contributed by atoms with Gasteiger partial charge in [-0.2, -0.15) is 0 Å². The summed E-state index contributed by atoms with van der Waals surface area (Å²) >= 11 is 1.46. The van der Waals surface area contributed by atoms with Crippen LogP contribution in [-0.2, 0) is 0 Å². The molecule has 5 heteroatoms. The summed E-state index contributed by atoms with van der Waals surface area (Å²) < 4.78 is 0. The number of anilines is 1. The van der Waals surface area contributed by atoms with Gasteiger partial charge in [0.15, 0.2) is 0 Å². The number of carbonyl (C=O) groups is 1. The fourth-order valence-corrected chi connectivity index (χ4v) is 3.16. The molecule has 1 saturated heterocycles. The first-order valence-corrected chi connectivity index (χ1v) is 7.28. The molecule has 1 amide bonds. The lowest BCUT2D eigenvalue weighted by Gasteiger charge is -2.13. The lowest BCUT2D eigenvalue weighted by molar-refractivity contribution is 0.0951. The van der Waals surface area contributed by atoms with Gasteiger partial charge in [-0.25, -0.2) is 0 Å². The van der Waals surface area contributed by atoms with Crippen LogP contribution in [-0.4, -0.2) is 37.0 Å². The van der Waals surface area contributed by atoms with E-state index in [9.17, 15) is 4.79 Å². The van der Waals surface area contributed by atoms with Gasteiger partial charge in [-0.05, 0) is 38.4 Å². The van der Waals surface area contributed by atoms with Gasteiger partial charge in [0.1, 0.15) is 0 Å². The molecule has 3 N–H and O–H groups in total. The highest BCUT2D eigenvalue weighted by atomic mass is 32.1. The van der Waals surface area contributed by atoms with E-state index in [2.05, 4.69) is 17.1 Å². The topological polar surface area (TPSA) is 58.4 Å². The third-order valence-corrected chi connectivity index (χ3v) is 4.61. The second-order valence-corrected chi connectivity index (χ2v) is 6.14. The number of nitrogens with two attached hydrogens (primary N) is 1. The largest absolute Gasteiger partial charge is 0.398 e. The third kappa shape index (κ3) is 3.03. The van der Waals surface area contributed by atoms with Crippen LogP contribution in [0.1, 0.15) is 27.9 Å². The number of hydrogen-bond acceptors (Lipinski definition) is 4. The van der Waals surface area contributed by atoms with Crippen molar-refractivity contribution in [2.24, 2.45) is 5.92 Å². The molecule has 2 heterocycles. The molecule has 100 valence electrons. The van der Waals surface area contributed by atoms with E-state index in [1.807, 2.05) is 6.92 Å². The van der Waals surface area contributed by atoms with Crippen LogP contribution >= 0.6 is 11.3 Å². The summed E-state index contributed by atoms with van der Waals surface area (Å²) in [6, 6.07) is 1.77. The molecule has 0 radical (unpaired) electrons. The van der Waals surface area contributed by atoms with Gasteiger partial charge in [-0.3, -0.25) is 4.79 Å². The first-order chi connectivity index (χ1) is 8.60. The molecule has 1 aliphatic rings. The Morgan fingerprint density at radius 3 is 3.00 bits per heavy atom. The number of aryl methyl sites for hydroxylation is 1. The van der Waals surface area contributed by atoms with Gasteiger partial charge in [-0.15, -0.1) is 11.3 Å². The number of rotatable bonds is 4. The summed E-state index contributed by atoms with van der Waals surface area (Å²) in [5.41, 5.74) is 6.47. The van der Waals surface area contributed by atoms with Crippen molar-refractivity contribution in [3.05, 3.63) is 15.8 Å². The van der Waals surface area contributed by atoms with Crippen LogP contribution in [0.2, 0.25) is 0 Å². The van der Waals surface area contributed by atoms with E-state index in [1.165, 1.54) is 17.8 Å². The fourth-order valence-electron chi connectivity index (χ4n) is 2.30.